The van der Waals surface area contributed by atoms with Crippen LogP contribution in [0, 0.1) is 0 Å². The quantitative estimate of drug-likeness (QED) is 0.545. The molecule has 0 heterocycles. The van der Waals surface area contributed by atoms with E-state index in [2.05, 4.69) is 34.5 Å². The Morgan fingerprint density at radius 1 is 0.846 bits per heavy atom. The summed E-state index contributed by atoms with van der Waals surface area (Å²) in [5, 5.41) is 4.80. The van der Waals surface area contributed by atoms with Crippen LogP contribution in [0.1, 0.15) is 11.1 Å². The maximum Gasteiger partial charge on any atom is 0.173 e. The van der Waals surface area contributed by atoms with Crippen molar-refractivity contribution >= 4 is 34.6 Å². The Kier molecular flexibility index (Phi) is 6.64. The minimum absolute atomic E-state index is 0.672. The van der Waals surface area contributed by atoms with E-state index in [1.54, 1.807) is 0 Å². The topological polar surface area (TPSA) is 15.3 Å². The zero-order valence-electron chi connectivity index (χ0n) is 14.4. The molecule has 0 amide bonds. The molecular weight excluding hydrogens is 360 g/mol. The summed E-state index contributed by atoms with van der Waals surface area (Å²) in [6.45, 7) is 1.49. The highest BCUT2D eigenvalue weighted by molar-refractivity contribution is 7.80. The van der Waals surface area contributed by atoms with Crippen LogP contribution in [0.5, 0.6) is 0 Å². The molecule has 0 aliphatic heterocycles. The van der Waals surface area contributed by atoms with Crippen molar-refractivity contribution in [3.8, 4) is 0 Å². The number of anilines is 1. The summed E-state index contributed by atoms with van der Waals surface area (Å²) < 4.78 is 0. The molecule has 3 aromatic carbocycles. The zero-order chi connectivity index (χ0) is 18.2. The number of nitrogens with one attached hydrogen (secondary N) is 1. The van der Waals surface area contributed by atoms with E-state index in [-0.39, 0.29) is 0 Å². The summed E-state index contributed by atoms with van der Waals surface area (Å²) in [7, 11) is 0. The second-order valence-corrected chi connectivity index (χ2v) is 6.84. The van der Waals surface area contributed by atoms with Crippen molar-refractivity contribution < 1.29 is 0 Å². The molecule has 0 spiro atoms. The Labute approximate surface area is 165 Å². The van der Waals surface area contributed by atoms with Crippen molar-refractivity contribution in [2.75, 3.05) is 11.9 Å². The molecule has 0 aliphatic carbocycles. The van der Waals surface area contributed by atoms with E-state index in [0.717, 1.165) is 29.2 Å². The van der Waals surface area contributed by atoms with Gasteiger partial charge in [-0.25, -0.2) is 0 Å². The van der Waals surface area contributed by atoms with Crippen molar-refractivity contribution in [2.45, 2.75) is 13.0 Å². The number of thiocarbonyl (C=S) groups is 1. The number of para-hydroxylation sites is 1. The van der Waals surface area contributed by atoms with Crippen molar-refractivity contribution in [1.29, 1.82) is 0 Å². The predicted molar refractivity (Wildman–Crippen MR) is 115 cm³/mol. The van der Waals surface area contributed by atoms with E-state index >= 15 is 0 Å². The third kappa shape index (κ3) is 5.32. The molecule has 0 aromatic heterocycles. The first-order valence-corrected chi connectivity index (χ1v) is 9.39. The second kappa shape index (κ2) is 9.37. The van der Waals surface area contributed by atoms with Crippen LogP contribution in [0.3, 0.4) is 0 Å². The summed E-state index contributed by atoms with van der Waals surface area (Å²) in [6, 6.07) is 28.4. The molecular formula is C22H21ClN2S. The Balaban J connectivity index is 1.73. The van der Waals surface area contributed by atoms with Crippen LogP contribution in [0.4, 0.5) is 5.69 Å². The monoisotopic (exact) mass is 380 g/mol. The molecule has 1 N–H and O–H groups in total. The molecule has 0 saturated carbocycles. The summed E-state index contributed by atoms with van der Waals surface area (Å²) in [5.74, 6) is 0. The van der Waals surface area contributed by atoms with Crippen LogP contribution < -0.4 is 5.32 Å². The van der Waals surface area contributed by atoms with Gasteiger partial charge in [0.1, 0.15) is 0 Å². The summed E-state index contributed by atoms with van der Waals surface area (Å²) in [4.78, 5) is 2.16. The maximum absolute atomic E-state index is 6.36. The molecule has 4 heteroatoms. The van der Waals surface area contributed by atoms with Gasteiger partial charge in [-0.15, -0.1) is 0 Å². The van der Waals surface area contributed by atoms with Crippen molar-refractivity contribution in [2.24, 2.45) is 0 Å². The molecule has 0 fully saturated rings. The van der Waals surface area contributed by atoms with Crippen LogP contribution in [-0.4, -0.2) is 16.6 Å². The van der Waals surface area contributed by atoms with E-state index in [1.165, 1.54) is 5.56 Å². The van der Waals surface area contributed by atoms with Gasteiger partial charge in [-0.3, -0.25) is 0 Å². The van der Waals surface area contributed by atoms with Crippen molar-refractivity contribution in [3.05, 3.63) is 101 Å². The molecule has 0 bridgehead atoms. The lowest BCUT2D eigenvalue weighted by molar-refractivity contribution is 0.423. The zero-order valence-corrected chi connectivity index (χ0v) is 16.0. The summed E-state index contributed by atoms with van der Waals surface area (Å²) >= 11 is 12.0. The molecule has 2 nitrogen and oxygen atoms in total. The van der Waals surface area contributed by atoms with E-state index in [1.807, 2.05) is 60.7 Å². The first-order chi connectivity index (χ1) is 12.7. The van der Waals surface area contributed by atoms with Gasteiger partial charge in [0.05, 0.1) is 0 Å². The number of hydrogen-bond acceptors (Lipinski definition) is 1. The van der Waals surface area contributed by atoms with Gasteiger partial charge in [0, 0.05) is 23.8 Å². The molecule has 0 unspecified atom stereocenters. The smallest absolute Gasteiger partial charge is 0.173 e. The first kappa shape index (κ1) is 18.4. The van der Waals surface area contributed by atoms with Gasteiger partial charge in [0.15, 0.2) is 5.11 Å². The summed E-state index contributed by atoms with van der Waals surface area (Å²) in [6.07, 6.45) is 0.919. The fraction of sp³-hybridized carbons (Fsp3) is 0.136. The van der Waals surface area contributed by atoms with E-state index in [4.69, 9.17) is 23.8 Å². The van der Waals surface area contributed by atoms with Crippen LogP contribution >= 0.6 is 23.8 Å². The van der Waals surface area contributed by atoms with Gasteiger partial charge < -0.3 is 10.2 Å². The fourth-order valence-electron chi connectivity index (χ4n) is 2.72. The fourth-order valence-corrected chi connectivity index (χ4v) is 3.19. The van der Waals surface area contributed by atoms with Gasteiger partial charge in [-0.1, -0.05) is 78.3 Å². The van der Waals surface area contributed by atoms with E-state index in [0.29, 0.717) is 11.7 Å². The van der Waals surface area contributed by atoms with Crippen LogP contribution in [0.25, 0.3) is 0 Å². The Morgan fingerprint density at radius 2 is 1.46 bits per heavy atom. The molecule has 3 aromatic rings. The number of benzene rings is 3. The number of nitrogens with zero attached hydrogens (tertiary/aromatic N) is 1. The highest BCUT2D eigenvalue weighted by Crippen LogP contribution is 2.18. The molecule has 132 valence electrons. The highest BCUT2D eigenvalue weighted by atomic mass is 35.5. The molecule has 0 radical (unpaired) electrons. The van der Waals surface area contributed by atoms with Gasteiger partial charge >= 0.3 is 0 Å². The SMILES string of the molecule is S=C(Nc1ccccc1)N(CCc1ccccc1)Cc1ccccc1Cl. The predicted octanol–water partition coefficient (Wildman–Crippen LogP) is 5.78. The van der Waals surface area contributed by atoms with Crippen molar-refractivity contribution in [3.63, 3.8) is 0 Å². The lowest BCUT2D eigenvalue weighted by atomic mass is 10.1. The first-order valence-electron chi connectivity index (χ1n) is 8.60. The molecule has 0 aliphatic rings. The minimum atomic E-state index is 0.672. The van der Waals surface area contributed by atoms with E-state index in [9.17, 15) is 0 Å². The number of hydrogen-bond donors (Lipinski definition) is 1. The second-order valence-electron chi connectivity index (χ2n) is 6.04. The maximum atomic E-state index is 6.36. The average Bonchev–Trinajstić information content (AvgIpc) is 2.68. The lowest BCUT2D eigenvalue weighted by Crippen LogP contribution is -2.36. The van der Waals surface area contributed by atoms with Gasteiger partial charge in [-0.2, -0.15) is 0 Å². The standard InChI is InChI=1S/C22H21ClN2S/c23-21-14-8-7-11-19(21)17-25(16-15-18-9-3-1-4-10-18)22(26)24-20-12-5-2-6-13-20/h1-14H,15-17H2,(H,24,26). The Hall–Kier alpha value is -2.36. The third-order valence-electron chi connectivity index (χ3n) is 4.14. The van der Waals surface area contributed by atoms with Crippen LogP contribution in [0.2, 0.25) is 5.02 Å². The van der Waals surface area contributed by atoms with Gasteiger partial charge in [0.25, 0.3) is 0 Å². The normalized spacial score (nSPS) is 10.3. The van der Waals surface area contributed by atoms with E-state index < -0.39 is 0 Å². The van der Waals surface area contributed by atoms with Crippen LogP contribution in [0.15, 0.2) is 84.9 Å². The Bertz CT molecular complexity index is 837. The molecule has 3 rings (SSSR count). The Morgan fingerprint density at radius 3 is 2.15 bits per heavy atom. The van der Waals surface area contributed by atoms with Gasteiger partial charge in [0.2, 0.25) is 0 Å². The van der Waals surface area contributed by atoms with Crippen molar-refractivity contribution in [1.82, 2.24) is 4.90 Å². The third-order valence-corrected chi connectivity index (χ3v) is 4.87. The largest absolute Gasteiger partial charge is 0.344 e. The summed E-state index contributed by atoms with van der Waals surface area (Å²) in [5.41, 5.74) is 3.35. The number of halogens is 1. The number of rotatable bonds is 6. The minimum Gasteiger partial charge on any atom is -0.344 e. The highest BCUT2D eigenvalue weighted by Gasteiger charge is 2.12. The van der Waals surface area contributed by atoms with Gasteiger partial charge in [-0.05, 0) is 48.0 Å². The average molecular weight is 381 g/mol. The lowest BCUT2D eigenvalue weighted by Gasteiger charge is -2.26. The molecule has 26 heavy (non-hydrogen) atoms. The van der Waals surface area contributed by atoms with Crippen LogP contribution in [-0.2, 0) is 13.0 Å². The molecule has 0 saturated heterocycles. The molecule has 0 atom stereocenters.